The summed E-state index contributed by atoms with van der Waals surface area (Å²) in [7, 11) is 0. The Kier molecular flexibility index (Phi) is 4.53. The van der Waals surface area contributed by atoms with Crippen molar-refractivity contribution in [3.05, 3.63) is 18.6 Å². The molecule has 84 valence electrons. The fraction of sp³-hybridized carbons (Fsp3) is 0.667. The lowest BCUT2D eigenvalue weighted by Crippen LogP contribution is -2.07. The molecule has 0 atom stereocenters. The molecule has 1 aromatic rings. The quantitative estimate of drug-likeness (QED) is 0.754. The first kappa shape index (κ1) is 12.0. The van der Waals surface area contributed by atoms with E-state index in [1.54, 1.807) is 18.6 Å². The van der Waals surface area contributed by atoms with Crippen LogP contribution < -0.4 is 5.32 Å². The highest BCUT2D eigenvalue weighted by Gasteiger charge is 2.08. The van der Waals surface area contributed by atoms with Gasteiger partial charge in [-0.25, -0.2) is 4.98 Å². The number of hydrogen-bond acceptors (Lipinski definition) is 3. The molecule has 0 radical (unpaired) electrons. The van der Waals surface area contributed by atoms with Crippen LogP contribution in [0.4, 0.5) is 5.82 Å². The fourth-order valence-corrected chi connectivity index (χ4v) is 1.39. The van der Waals surface area contributed by atoms with Crippen molar-refractivity contribution >= 4 is 5.82 Å². The van der Waals surface area contributed by atoms with E-state index in [-0.39, 0.29) is 0 Å². The van der Waals surface area contributed by atoms with Gasteiger partial charge in [0.2, 0.25) is 0 Å². The van der Waals surface area contributed by atoms with Crippen LogP contribution in [0, 0.1) is 5.41 Å². The summed E-state index contributed by atoms with van der Waals surface area (Å²) in [5.41, 5.74) is 0.451. The third-order valence-corrected chi connectivity index (χ3v) is 2.22. The van der Waals surface area contributed by atoms with Gasteiger partial charge in [-0.1, -0.05) is 27.2 Å². The molecule has 0 fully saturated rings. The smallest absolute Gasteiger partial charge is 0.144 e. The summed E-state index contributed by atoms with van der Waals surface area (Å²) in [4.78, 5) is 8.15. The van der Waals surface area contributed by atoms with E-state index < -0.39 is 0 Å². The average Bonchev–Trinajstić information content (AvgIpc) is 2.17. The highest BCUT2D eigenvalue weighted by atomic mass is 15.0. The number of hydrogen-bond donors (Lipinski definition) is 1. The Labute approximate surface area is 92.3 Å². The number of unbranched alkanes of at least 4 members (excludes halogenated alkanes) is 1. The van der Waals surface area contributed by atoms with Crippen LogP contribution in [0.25, 0.3) is 0 Å². The van der Waals surface area contributed by atoms with Crippen molar-refractivity contribution in [1.29, 1.82) is 0 Å². The van der Waals surface area contributed by atoms with Crippen molar-refractivity contribution in [3.63, 3.8) is 0 Å². The lowest BCUT2D eigenvalue weighted by molar-refractivity contribution is 0.362. The molecule has 3 heteroatoms. The second-order valence-electron chi connectivity index (χ2n) is 5.04. The summed E-state index contributed by atoms with van der Waals surface area (Å²) in [5, 5.41) is 3.26. The van der Waals surface area contributed by atoms with Crippen LogP contribution in [0.5, 0.6) is 0 Å². The molecule has 0 aromatic carbocycles. The number of nitrogens with zero attached hydrogens (tertiary/aromatic N) is 2. The molecule has 1 heterocycles. The Bertz CT molecular complexity index is 264. The molecule has 0 aliphatic carbocycles. The molecule has 0 aliphatic heterocycles. The van der Waals surface area contributed by atoms with Gasteiger partial charge >= 0.3 is 0 Å². The summed E-state index contributed by atoms with van der Waals surface area (Å²) in [5.74, 6) is 0.869. The first-order valence-corrected chi connectivity index (χ1v) is 5.58. The van der Waals surface area contributed by atoms with Crippen molar-refractivity contribution in [2.24, 2.45) is 5.41 Å². The van der Waals surface area contributed by atoms with Crippen molar-refractivity contribution in [3.8, 4) is 0 Å². The Morgan fingerprint density at radius 2 is 2.00 bits per heavy atom. The largest absolute Gasteiger partial charge is 0.369 e. The van der Waals surface area contributed by atoms with Crippen LogP contribution in [-0.4, -0.2) is 16.5 Å². The first-order chi connectivity index (χ1) is 7.08. The normalized spacial score (nSPS) is 11.4. The maximum atomic E-state index is 4.15. The van der Waals surface area contributed by atoms with Crippen LogP contribution >= 0.6 is 0 Å². The molecule has 0 amide bonds. The third kappa shape index (κ3) is 6.05. The third-order valence-electron chi connectivity index (χ3n) is 2.22. The van der Waals surface area contributed by atoms with E-state index in [0.717, 1.165) is 12.4 Å². The highest BCUT2D eigenvalue weighted by molar-refractivity contribution is 5.29. The lowest BCUT2D eigenvalue weighted by Gasteiger charge is -2.17. The number of anilines is 1. The topological polar surface area (TPSA) is 37.8 Å². The molecule has 0 saturated carbocycles. The number of aromatic nitrogens is 2. The van der Waals surface area contributed by atoms with Gasteiger partial charge in [-0.05, 0) is 18.3 Å². The van der Waals surface area contributed by atoms with E-state index in [1.165, 1.54) is 19.3 Å². The van der Waals surface area contributed by atoms with Crippen molar-refractivity contribution in [2.45, 2.75) is 40.0 Å². The Balaban J connectivity index is 2.08. The molecule has 0 spiro atoms. The van der Waals surface area contributed by atoms with Gasteiger partial charge in [0.25, 0.3) is 0 Å². The molecular weight excluding hydrogens is 186 g/mol. The van der Waals surface area contributed by atoms with Crippen LogP contribution in [0.2, 0.25) is 0 Å². The van der Waals surface area contributed by atoms with Crippen molar-refractivity contribution < 1.29 is 0 Å². The van der Waals surface area contributed by atoms with Crippen LogP contribution in [0.15, 0.2) is 18.6 Å². The summed E-state index contributed by atoms with van der Waals surface area (Å²) in [6, 6.07) is 0. The zero-order chi connectivity index (χ0) is 11.1. The van der Waals surface area contributed by atoms with Gasteiger partial charge in [-0.15, -0.1) is 0 Å². The summed E-state index contributed by atoms with van der Waals surface area (Å²) >= 11 is 0. The van der Waals surface area contributed by atoms with Crippen LogP contribution in [0.3, 0.4) is 0 Å². The van der Waals surface area contributed by atoms with Gasteiger partial charge in [-0.3, -0.25) is 4.98 Å². The minimum absolute atomic E-state index is 0.451. The molecule has 0 saturated heterocycles. The average molecular weight is 207 g/mol. The second-order valence-corrected chi connectivity index (χ2v) is 5.04. The number of nitrogens with one attached hydrogen (secondary N) is 1. The summed E-state index contributed by atoms with van der Waals surface area (Å²) in [6.45, 7) is 7.82. The monoisotopic (exact) mass is 207 g/mol. The summed E-state index contributed by atoms with van der Waals surface area (Å²) < 4.78 is 0. The Morgan fingerprint density at radius 1 is 1.20 bits per heavy atom. The fourth-order valence-electron chi connectivity index (χ4n) is 1.39. The molecule has 0 aliphatic rings. The minimum atomic E-state index is 0.451. The van der Waals surface area contributed by atoms with Crippen LogP contribution in [0.1, 0.15) is 40.0 Å². The zero-order valence-corrected chi connectivity index (χ0v) is 9.95. The standard InChI is InChI=1S/C12H21N3/c1-12(2,3)6-4-5-7-14-11-10-13-8-9-15-11/h8-10H,4-7H2,1-3H3,(H,14,15). The predicted octanol–water partition coefficient (Wildman–Crippen LogP) is 3.10. The van der Waals surface area contributed by atoms with E-state index in [4.69, 9.17) is 0 Å². The minimum Gasteiger partial charge on any atom is -0.369 e. The van der Waals surface area contributed by atoms with Gasteiger partial charge in [0, 0.05) is 18.9 Å². The molecule has 1 aromatic heterocycles. The second kappa shape index (κ2) is 5.69. The van der Waals surface area contributed by atoms with Gasteiger partial charge in [0.15, 0.2) is 0 Å². The Hall–Kier alpha value is -1.12. The van der Waals surface area contributed by atoms with E-state index in [0.29, 0.717) is 5.41 Å². The molecule has 1 N–H and O–H groups in total. The van der Waals surface area contributed by atoms with Crippen molar-refractivity contribution in [1.82, 2.24) is 9.97 Å². The molecule has 15 heavy (non-hydrogen) atoms. The van der Waals surface area contributed by atoms with E-state index in [1.807, 2.05) is 0 Å². The molecular formula is C12H21N3. The first-order valence-electron chi connectivity index (χ1n) is 5.58. The SMILES string of the molecule is CC(C)(C)CCCCNc1cnccn1. The predicted molar refractivity (Wildman–Crippen MR) is 63.8 cm³/mol. The van der Waals surface area contributed by atoms with Gasteiger partial charge in [0.1, 0.15) is 5.82 Å². The highest BCUT2D eigenvalue weighted by Crippen LogP contribution is 2.21. The molecule has 0 unspecified atom stereocenters. The summed E-state index contributed by atoms with van der Waals surface area (Å²) in [6.07, 6.45) is 8.87. The molecule has 1 rings (SSSR count). The molecule has 3 nitrogen and oxygen atoms in total. The maximum absolute atomic E-state index is 4.15. The maximum Gasteiger partial charge on any atom is 0.144 e. The lowest BCUT2D eigenvalue weighted by atomic mass is 9.90. The van der Waals surface area contributed by atoms with Crippen molar-refractivity contribution in [2.75, 3.05) is 11.9 Å². The van der Waals surface area contributed by atoms with Crippen LogP contribution in [-0.2, 0) is 0 Å². The van der Waals surface area contributed by atoms with Gasteiger partial charge < -0.3 is 5.32 Å². The van der Waals surface area contributed by atoms with Gasteiger partial charge in [0.05, 0.1) is 6.20 Å². The number of rotatable bonds is 5. The van der Waals surface area contributed by atoms with E-state index in [9.17, 15) is 0 Å². The van der Waals surface area contributed by atoms with E-state index in [2.05, 4.69) is 36.1 Å². The van der Waals surface area contributed by atoms with E-state index >= 15 is 0 Å². The molecule has 0 bridgehead atoms. The Morgan fingerprint density at radius 3 is 2.60 bits per heavy atom. The van der Waals surface area contributed by atoms with Gasteiger partial charge in [-0.2, -0.15) is 0 Å². The zero-order valence-electron chi connectivity index (χ0n) is 9.95.